The average Bonchev–Trinajstić information content (AvgIpc) is 2.48. The molecule has 0 fully saturated rings. The van der Waals surface area contributed by atoms with E-state index in [-0.39, 0.29) is 0 Å². The van der Waals surface area contributed by atoms with Gasteiger partial charge in [0.25, 0.3) is 0 Å². The molecule has 120 valence electrons. The van der Waals surface area contributed by atoms with Crippen LogP contribution in [0.3, 0.4) is 0 Å². The molecule has 0 saturated carbocycles. The van der Waals surface area contributed by atoms with Crippen LogP contribution in [0, 0.1) is 6.92 Å². The third-order valence-electron chi connectivity index (χ3n) is 3.20. The van der Waals surface area contributed by atoms with Crippen molar-refractivity contribution < 1.29 is 4.79 Å². The number of halogens is 1. The topological polar surface area (TPSA) is 70.7 Å². The molecule has 0 aliphatic heterocycles. The van der Waals surface area contributed by atoms with Crippen LogP contribution in [-0.2, 0) is 6.42 Å². The van der Waals surface area contributed by atoms with Crippen molar-refractivity contribution in [2.24, 2.45) is 10.8 Å². The minimum Gasteiger partial charge on any atom is -0.306 e. The first-order valence-corrected chi connectivity index (χ1v) is 7.50. The van der Waals surface area contributed by atoms with Crippen molar-refractivity contribution in [2.45, 2.75) is 13.3 Å². The molecule has 0 aliphatic rings. The van der Waals surface area contributed by atoms with E-state index in [9.17, 15) is 4.79 Å². The van der Waals surface area contributed by atoms with E-state index in [2.05, 4.69) is 10.3 Å². The number of nitrogens with one attached hydrogen (secondary N) is 1. The van der Waals surface area contributed by atoms with Gasteiger partial charge in [0.05, 0.1) is 0 Å². The van der Waals surface area contributed by atoms with Crippen LogP contribution >= 0.6 is 11.6 Å². The van der Waals surface area contributed by atoms with Gasteiger partial charge in [-0.05, 0) is 30.7 Å². The van der Waals surface area contributed by atoms with Crippen LogP contribution in [0.15, 0.2) is 53.5 Å². The minimum atomic E-state index is -0.494. The van der Waals surface area contributed by atoms with E-state index < -0.39 is 6.03 Å². The molecular formula is C17H19ClN4O. The van der Waals surface area contributed by atoms with Crippen LogP contribution in [-0.4, -0.2) is 23.9 Å². The zero-order valence-corrected chi connectivity index (χ0v) is 13.8. The number of hydrogen-bond acceptors (Lipinski definition) is 2. The van der Waals surface area contributed by atoms with E-state index in [0.717, 1.165) is 5.56 Å². The summed E-state index contributed by atoms with van der Waals surface area (Å²) in [5, 5.41) is 4.56. The third-order valence-corrected chi connectivity index (χ3v) is 3.43. The number of carbonyl (C=O) groups excluding carboxylic acids is 1. The number of nitrogens with two attached hydrogens (primary N) is 1. The molecule has 2 aromatic rings. The average molecular weight is 331 g/mol. The maximum atomic E-state index is 12.1. The number of likely N-dealkylation sites (N-methyl/N-ethyl adjacent to an activating group) is 1. The smallest absolute Gasteiger partial charge is 0.306 e. The Bertz CT molecular complexity index is 711. The molecule has 0 aliphatic carbocycles. The Morgan fingerprint density at radius 3 is 2.57 bits per heavy atom. The second-order valence-corrected chi connectivity index (χ2v) is 5.68. The zero-order chi connectivity index (χ0) is 16.8. The predicted molar refractivity (Wildman–Crippen MR) is 94.7 cm³/mol. The Balaban J connectivity index is 2.11. The number of rotatable bonds is 3. The number of benzene rings is 2. The van der Waals surface area contributed by atoms with Crippen LogP contribution in [0.5, 0.6) is 0 Å². The SMILES string of the molecule is Cc1ccc(C/C(=N/C(=O)Nc2cccc(Cl)c2)N(C)N)cc1. The number of hydrazine groups is 1. The molecule has 0 atom stereocenters. The van der Waals surface area contributed by atoms with Gasteiger partial charge in [-0.3, -0.25) is 0 Å². The van der Waals surface area contributed by atoms with Crippen molar-refractivity contribution in [3.8, 4) is 0 Å². The maximum absolute atomic E-state index is 12.1. The van der Waals surface area contributed by atoms with E-state index in [1.165, 1.54) is 10.6 Å². The van der Waals surface area contributed by atoms with Gasteiger partial charge in [0, 0.05) is 24.2 Å². The van der Waals surface area contributed by atoms with E-state index in [4.69, 9.17) is 17.4 Å². The molecule has 2 aromatic carbocycles. The molecule has 0 radical (unpaired) electrons. The molecule has 0 bridgehead atoms. The molecule has 2 rings (SSSR count). The zero-order valence-electron chi connectivity index (χ0n) is 13.1. The number of aryl methyl sites for hydroxylation is 1. The molecule has 0 spiro atoms. The van der Waals surface area contributed by atoms with Crippen molar-refractivity contribution in [2.75, 3.05) is 12.4 Å². The summed E-state index contributed by atoms with van der Waals surface area (Å²) in [5.74, 6) is 6.25. The molecule has 0 unspecified atom stereocenters. The van der Waals surface area contributed by atoms with E-state index in [1.54, 1.807) is 31.3 Å². The number of amidine groups is 1. The Morgan fingerprint density at radius 1 is 1.26 bits per heavy atom. The highest BCUT2D eigenvalue weighted by Gasteiger charge is 2.08. The summed E-state index contributed by atoms with van der Waals surface area (Å²) in [6.07, 6.45) is 0.468. The fourth-order valence-electron chi connectivity index (χ4n) is 1.97. The molecule has 3 N–H and O–H groups in total. The number of hydrogen-bond donors (Lipinski definition) is 2. The number of anilines is 1. The predicted octanol–water partition coefficient (Wildman–Crippen LogP) is 3.63. The maximum Gasteiger partial charge on any atom is 0.347 e. The van der Waals surface area contributed by atoms with Crippen molar-refractivity contribution in [3.63, 3.8) is 0 Å². The van der Waals surface area contributed by atoms with Gasteiger partial charge in [-0.2, -0.15) is 4.99 Å². The number of aliphatic imine (C=N–C) groups is 1. The second-order valence-electron chi connectivity index (χ2n) is 5.24. The summed E-state index contributed by atoms with van der Waals surface area (Å²) in [5.41, 5.74) is 2.79. The van der Waals surface area contributed by atoms with Crippen molar-refractivity contribution in [1.29, 1.82) is 0 Å². The fraction of sp³-hybridized carbons (Fsp3) is 0.176. The molecule has 0 heterocycles. The fourth-order valence-corrected chi connectivity index (χ4v) is 2.16. The van der Waals surface area contributed by atoms with Crippen molar-refractivity contribution in [1.82, 2.24) is 5.01 Å². The van der Waals surface area contributed by atoms with E-state index >= 15 is 0 Å². The molecule has 6 heteroatoms. The molecular weight excluding hydrogens is 312 g/mol. The minimum absolute atomic E-state index is 0.466. The summed E-state index contributed by atoms with van der Waals surface area (Å²) < 4.78 is 0. The Morgan fingerprint density at radius 2 is 1.96 bits per heavy atom. The first-order chi connectivity index (χ1) is 10.9. The summed E-state index contributed by atoms with van der Waals surface area (Å²) in [7, 11) is 1.65. The number of urea groups is 1. The van der Waals surface area contributed by atoms with Crippen LogP contribution in [0.25, 0.3) is 0 Å². The molecule has 5 nitrogen and oxygen atoms in total. The van der Waals surface area contributed by atoms with Gasteiger partial charge in [-0.25, -0.2) is 10.6 Å². The van der Waals surface area contributed by atoms with Gasteiger partial charge >= 0.3 is 6.03 Å². The van der Waals surface area contributed by atoms with Crippen LogP contribution < -0.4 is 11.2 Å². The van der Waals surface area contributed by atoms with Crippen molar-refractivity contribution >= 4 is 29.2 Å². The highest BCUT2D eigenvalue weighted by Crippen LogP contribution is 2.15. The molecule has 0 saturated heterocycles. The molecule has 2 amide bonds. The summed E-state index contributed by atoms with van der Waals surface area (Å²) >= 11 is 5.89. The Hall–Kier alpha value is -2.37. The highest BCUT2D eigenvalue weighted by atomic mass is 35.5. The standard InChI is InChI=1S/C17H19ClN4O/c1-12-6-8-13(9-7-12)10-16(22(2)19)21-17(23)20-15-5-3-4-14(18)11-15/h3-9,11H,10,19H2,1-2H3,(H,20,23)/b21-16-. The lowest BCUT2D eigenvalue weighted by Gasteiger charge is -2.15. The summed E-state index contributed by atoms with van der Waals surface area (Å²) in [6, 6.07) is 14.4. The van der Waals surface area contributed by atoms with Gasteiger partial charge < -0.3 is 10.3 Å². The summed E-state index contributed by atoms with van der Waals surface area (Å²) in [4.78, 5) is 16.1. The Labute approximate surface area is 140 Å². The van der Waals surface area contributed by atoms with Gasteiger partial charge in [0.1, 0.15) is 5.84 Å². The first-order valence-electron chi connectivity index (χ1n) is 7.12. The normalized spacial score (nSPS) is 11.2. The largest absolute Gasteiger partial charge is 0.347 e. The third kappa shape index (κ3) is 5.39. The molecule has 0 aromatic heterocycles. The lowest BCUT2D eigenvalue weighted by atomic mass is 10.1. The number of nitrogens with zero attached hydrogens (tertiary/aromatic N) is 2. The van der Waals surface area contributed by atoms with Crippen LogP contribution in [0.1, 0.15) is 11.1 Å². The van der Waals surface area contributed by atoms with Crippen molar-refractivity contribution in [3.05, 3.63) is 64.7 Å². The van der Waals surface area contributed by atoms with E-state index in [0.29, 0.717) is 23.0 Å². The molecule has 23 heavy (non-hydrogen) atoms. The van der Waals surface area contributed by atoms with Crippen LogP contribution in [0.4, 0.5) is 10.5 Å². The quantitative estimate of drug-likeness (QED) is 0.391. The van der Waals surface area contributed by atoms with Gasteiger partial charge in [-0.15, -0.1) is 0 Å². The highest BCUT2D eigenvalue weighted by molar-refractivity contribution is 6.30. The lowest BCUT2D eigenvalue weighted by molar-refractivity contribution is 0.259. The van der Waals surface area contributed by atoms with Gasteiger partial charge in [-0.1, -0.05) is 47.5 Å². The van der Waals surface area contributed by atoms with E-state index in [1.807, 2.05) is 31.2 Å². The van der Waals surface area contributed by atoms with Gasteiger partial charge in [0.15, 0.2) is 0 Å². The Kier molecular flexibility index (Phi) is 5.73. The van der Waals surface area contributed by atoms with Crippen LogP contribution in [0.2, 0.25) is 5.02 Å². The van der Waals surface area contributed by atoms with Gasteiger partial charge in [0.2, 0.25) is 0 Å². The number of carbonyl (C=O) groups is 1. The first kappa shape index (κ1) is 17.0. The monoisotopic (exact) mass is 330 g/mol. The summed E-state index contributed by atoms with van der Waals surface area (Å²) in [6.45, 7) is 2.02. The number of amides is 2. The lowest BCUT2D eigenvalue weighted by Crippen LogP contribution is -2.35. The second kappa shape index (κ2) is 7.76.